The molecule has 0 aliphatic heterocycles. The van der Waals surface area contributed by atoms with Crippen molar-refractivity contribution in [1.82, 2.24) is 0 Å². The lowest BCUT2D eigenvalue weighted by molar-refractivity contribution is 1.45. The van der Waals surface area contributed by atoms with Crippen LogP contribution >= 0.6 is 23.2 Å². The SMILES string of the molecule is Cc1cccc(-c2ccccc2Cl)c1-c1ccccc1Cl. The van der Waals surface area contributed by atoms with Gasteiger partial charge in [-0.25, -0.2) is 0 Å². The number of halogens is 2. The van der Waals surface area contributed by atoms with Crippen LogP contribution in [0.1, 0.15) is 5.56 Å². The molecule has 2 heteroatoms. The van der Waals surface area contributed by atoms with Crippen LogP contribution in [0.2, 0.25) is 10.0 Å². The van der Waals surface area contributed by atoms with Gasteiger partial charge in [-0.3, -0.25) is 0 Å². The van der Waals surface area contributed by atoms with Gasteiger partial charge >= 0.3 is 0 Å². The van der Waals surface area contributed by atoms with E-state index in [0.29, 0.717) is 0 Å². The average Bonchev–Trinajstić information content (AvgIpc) is 2.49. The molecule has 0 atom stereocenters. The molecule has 3 aromatic rings. The molecule has 21 heavy (non-hydrogen) atoms. The van der Waals surface area contributed by atoms with Gasteiger partial charge in [-0.1, -0.05) is 77.8 Å². The second-order valence-electron chi connectivity index (χ2n) is 4.96. The molecule has 0 nitrogen and oxygen atoms in total. The van der Waals surface area contributed by atoms with Crippen LogP contribution in [0, 0.1) is 6.92 Å². The summed E-state index contributed by atoms with van der Waals surface area (Å²) >= 11 is 12.8. The number of aryl methyl sites for hydroxylation is 1. The van der Waals surface area contributed by atoms with Crippen LogP contribution in [0.3, 0.4) is 0 Å². The molecule has 0 radical (unpaired) electrons. The highest BCUT2D eigenvalue weighted by Crippen LogP contribution is 2.40. The molecule has 0 aliphatic rings. The van der Waals surface area contributed by atoms with Gasteiger partial charge in [0.15, 0.2) is 0 Å². The monoisotopic (exact) mass is 312 g/mol. The molecule has 0 N–H and O–H groups in total. The number of hydrogen-bond donors (Lipinski definition) is 0. The third-order valence-electron chi connectivity index (χ3n) is 3.58. The van der Waals surface area contributed by atoms with Gasteiger partial charge in [0.2, 0.25) is 0 Å². The van der Waals surface area contributed by atoms with Crippen molar-refractivity contribution in [2.45, 2.75) is 6.92 Å². The zero-order valence-electron chi connectivity index (χ0n) is 11.6. The van der Waals surface area contributed by atoms with Crippen molar-refractivity contribution >= 4 is 23.2 Å². The predicted molar refractivity (Wildman–Crippen MR) is 92.1 cm³/mol. The highest BCUT2D eigenvalue weighted by Gasteiger charge is 2.14. The Morgan fingerprint density at radius 3 is 1.71 bits per heavy atom. The second-order valence-corrected chi connectivity index (χ2v) is 5.77. The zero-order chi connectivity index (χ0) is 14.8. The summed E-state index contributed by atoms with van der Waals surface area (Å²) in [6.45, 7) is 2.10. The third-order valence-corrected chi connectivity index (χ3v) is 4.24. The maximum absolute atomic E-state index is 6.40. The molecule has 3 aromatic carbocycles. The molecule has 0 amide bonds. The van der Waals surface area contributed by atoms with Crippen molar-refractivity contribution < 1.29 is 0 Å². The maximum Gasteiger partial charge on any atom is 0.0484 e. The van der Waals surface area contributed by atoms with E-state index in [-0.39, 0.29) is 0 Å². The number of benzene rings is 3. The molecule has 0 aliphatic carbocycles. The summed E-state index contributed by atoms with van der Waals surface area (Å²) in [5.74, 6) is 0. The van der Waals surface area contributed by atoms with E-state index in [2.05, 4.69) is 19.1 Å². The Bertz CT molecular complexity index is 791. The van der Waals surface area contributed by atoms with Gasteiger partial charge < -0.3 is 0 Å². The normalized spacial score (nSPS) is 10.6. The first-order chi connectivity index (χ1) is 10.2. The van der Waals surface area contributed by atoms with Crippen molar-refractivity contribution in [2.24, 2.45) is 0 Å². The van der Waals surface area contributed by atoms with Crippen LogP contribution in [0.4, 0.5) is 0 Å². The van der Waals surface area contributed by atoms with Crippen molar-refractivity contribution in [3.8, 4) is 22.3 Å². The van der Waals surface area contributed by atoms with Crippen LogP contribution in [0.25, 0.3) is 22.3 Å². The van der Waals surface area contributed by atoms with Gasteiger partial charge in [-0.2, -0.15) is 0 Å². The van der Waals surface area contributed by atoms with E-state index < -0.39 is 0 Å². The lowest BCUT2D eigenvalue weighted by Gasteiger charge is -2.15. The van der Waals surface area contributed by atoms with E-state index >= 15 is 0 Å². The minimum atomic E-state index is 0.747. The van der Waals surface area contributed by atoms with Gasteiger partial charge in [0.05, 0.1) is 0 Å². The van der Waals surface area contributed by atoms with Crippen molar-refractivity contribution in [1.29, 1.82) is 0 Å². The second kappa shape index (κ2) is 5.93. The Labute approximate surface area is 135 Å². The molecule has 0 heterocycles. The molecular weight excluding hydrogens is 299 g/mol. The highest BCUT2D eigenvalue weighted by molar-refractivity contribution is 6.34. The fourth-order valence-electron chi connectivity index (χ4n) is 2.59. The lowest BCUT2D eigenvalue weighted by Crippen LogP contribution is -1.90. The standard InChI is InChI=1S/C19H14Cl2/c1-13-7-6-10-15(14-8-2-4-11-17(14)20)19(13)16-9-3-5-12-18(16)21/h2-12H,1H3. The van der Waals surface area contributed by atoms with Crippen LogP contribution in [0.15, 0.2) is 66.7 Å². The fraction of sp³-hybridized carbons (Fsp3) is 0.0526. The summed E-state index contributed by atoms with van der Waals surface area (Å²) in [6.07, 6.45) is 0. The van der Waals surface area contributed by atoms with Gasteiger partial charge in [0.25, 0.3) is 0 Å². The molecule has 0 bridgehead atoms. The van der Waals surface area contributed by atoms with E-state index in [1.165, 1.54) is 5.56 Å². The quantitative estimate of drug-likeness (QED) is 0.497. The van der Waals surface area contributed by atoms with Crippen molar-refractivity contribution in [3.63, 3.8) is 0 Å². The van der Waals surface area contributed by atoms with Crippen LogP contribution in [0.5, 0.6) is 0 Å². The van der Waals surface area contributed by atoms with E-state index in [1.807, 2.05) is 54.6 Å². The van der Waals surface area contributed by atoms with E-state index in [1.54, 1.807) is 0 Å². The van der Waals surface area contributed by atoms with Crippen LogP contribution < -0.4 is 0 Å². The first-order valence-corrected chi connectivity index (χ1v) is 7.53. The molecule has 0 saturated carbocycles. The Morgan fingerprint density at radius 2 is 1.10 bits per heavy atom. The molecule has 0 spiro atoms. The Morgan fingerprint density at radius 1 is 0.571 bits per heavy atom. The van der Waals surface area contributed by atoms with Crippen LogP contribution in [-0.2, 0) is 0 Å². The molecule has 3 rings (SSSR count). The van der Waals surface area contributed by atoms with Gasteiger partial charge in [-0.15, -0.1) is 0 Å². The summed E-state index contributed by atoms with van der Waals surface area (Å²) < 4.78 is 0. The minimum absolute atomic E-state index is 0.747. The van der Waals surface area contributed by atoms with Crippen LogP contribution in [-0.4, -0.2) is 0 Å². The molecule has 0 aromatic heterocycles. The topological polar surface area (TPSA) is 0 Å². The van der Waals surface area contributed by atoms with Crippen molar-refractivity contribution in [3.05, 3.63) is 82.3 Å². The average molecular weight is 313 g/mol. The zero-order valence-corrected chi connectivity index (χ0v) is 13.1. The van der Waals surface area contributed by atoms with E-state index in [0.717, 1.165) is 32.3 Å². The number of rotatable bonds is 2. The van der Waals surface area contributed by atoms with E-state index in [9.17, 15) is 0 Å². The maximum atomic E-state index is 6.40. The van der Waals surface area contributed by atoms with Gasteiger partial charge in [-0.05, 0) is 35.7 Å². The Hall–Kier alpha value is -1.76. The summed E-state index contributed by atoms with van der Waals surface area (Å²) in [7, 11) is 0. The number of hydrogen-bond acceptors (Lipinski definition) is 0. The first kappa shape index (κ1) is 14.2. The summed E-state index contributed by atoms with van der Waals surface area (Å²) in [4.78, 5) is 0. The Balaban J connectivity index is 2.32. The smallest absolute Gasteiger partial charge is 0.0484 e. The third kappa shape index (κ3) is 2.70. The highest BCUT2D eigenvalue weighted by atomic mass is 35.5. The fourth-order valence-corrected chi connectivity index (χ4v) is 3.06. The largest absolute Gasteiger partial charge is 0.0837 e. The van der Waals surface area contributed by atoms with Gasteiger partial charge in [0, 0.05) is 21.2 Å². The predicted octanol–water partition coefficient (Wildman–Crippen LogP) is 6.64. The summed E-state index contributed by atoms with van der Waals surface area (Å²) in [6, 6.07) is 22.0. The molecular formula is C19H14Cl2. The Kier molecular flexibility index (Phi) is 4.01. The lowest BCUT2D eigenvalue weighted by atomic mass is 9.91. The first-order valence-electron chi connectivity index (χ1n) is 6.78. The molecule has 104 valence electrons. The van der Waals surface area contributed by atoms with Gasteiger partial charge in [0.1, 0.15) is 0 Å². The van der Waals surface area contributed by atoms with E-state index in [4.69, 9.17) is 23.2 Å². The molecule has 0 saturated heterocycles. The minimum Gasteiger partial charge on any atom is -0.0837 e. The summed E-state index contributed by atoms with van der Waals surface area (Å²) in [5.41, 5.74) is 5.48. The molecule has 0 unspecified atom stereocenters. The summed E-state index contributed by atoms with van der Waals surface area (Å²) in [5, 5.41) is 1.50. The van der Waals surface area contributed by atoms with Crippen molar-refractivity contribution in [2.75, 3.05) is 0 Å². The molecule has 0 fully saturated rings.